The van der Waals surface area contributed by atoms with Crippen molar-refractivity contribution in [2.45, 2.75) is 4.90 Å². The molecule has 1 rings (SSSR count). The Balaban J connectivity index is 3.41. The van der Waals surface area contributed by atoms with Crippen LogP contribution in [0, 0.1) is 5.95 Å². The van der Waals surface area contributed by atoms with Crippen molar-refractivity contribution in [2.24, 2.45) is 0 Å². The summed E-state index contributed by atoms with van der Waals surface area (Å²) in [4.78, 5) is 0.464. The van der Waals surface area contributed by atoms with E-state index in [2.05, 4.69) is 4.98 Å². The molecule has 8 heteroatoms. The van der Waals surface area contributed by atoms with Gasteiger partial charge in [0.25, 0.3) is 0 Å². The smallest absolute Gasteiger partial charge is 0.228 e. The minimum atomic E-state index is -9.74. The Labute approximate surface area is 69.1 Å². The maximum absolute atomic E-state index is 12.1. The second-order valence-electron chi connectivity index (χ2n) is 2.28. The fraction of sp³-hybridized carbons (Fsp3) is 0. The van der Waals surface area contributed by atoms with Crippen molar-refractivity contribution in [3.05, 3.63) is 24.3 Å². The topological polar surface area (TPSA) is 12.9 Å². The van der Waals surface area contributed by atoms with Crippen molar-refractivity contribution in [1.29, 1.82) is 0 Å². The standard InChI is InChI=1S/C5H3F6NS/c6-5-3-4(1-2-12-5)13(7,8,9,10)11/h1-3H. The first kappa shape index (κ1) is 10.2. The summed E-state index contributed by atoms with van der Waals surface area (Å²) in [6.07, 6.45) is 0.336. The Bertz CT molecular complexity index is 342. The number of hydrogen-bond acceptors (Lipinski definition) is 1. The van der Waals surface area contributed by atoms with Gasteiger partial charge in [0, 0.05) is 12.3 Å². The SMILES string of the molecule is Fc1cc(S(F)(F)(F)(F)F)ccn1. The Hall–Kier alpha value is -0.920. The highest BCUT2D eigenvalue weighted by Crippen LogP contribution is 3.02. The number of aromatic nitrogens is 1. The summed E-state index contributed by atoms with van der Waals surface area (Å²) in [5.41, 5.74) is 0. The molecular weight excluding hydrogens is 220 g/mol. The van der Waals surface area contributed by atoms with Crippen molar-refractivity contribution < 1.29 is 23.8 Å². The molecule has 13 heavy (non-hydrogen) atoms. The first-order valence-electron chi connectivity index (χ1n) is 2.85. The summed E-state index contributed by atoms with van der Waals surface area (Å²) in [6.45, 7) is 0. The van der Waals surface area contributed by atoms with E-state index >= 15 is 0 Å². The summed E-state index contributed by atoms with van der Waals surface area (Å²) in [7, 11) is -9.74. The van der Waals surface area contributed by atoms with Crippen LogP contribution in [0.4, 0.5) is 23.8 Å². The Morgan fingerprint density at radius 3 is 1.92 bits per heavy atom. The summed E-state index contributed by atoms with van der Waals surface area (Å²) < 4.78 is 71.8. The highest BCUT2D eigenvalue weighted by atomic mass is 32.5. The molecule has 0 fully saturated rings. The second-order valence-corrected chi connectivity index (χ2v) is 4.69. The van der Waals surface area contributed by atoms with Crippen molar-refractivity contribution >= 4 is 10.2 Å². The molecule has 0 radical (unpaired) electrons. The molecule has 0 aliphatic carbocycles. The molecule has 76 valence electrons. The van der Waals surface area contributed by atoms with Gasteiger partial charge in [-0.15, -0.1) is 0 Å². The Kier molecular flexibility index (Phi) is 1.52. The Morgan fingerprint density at radius 2 is 1.62 bits per heavy atom. The molecule has 1 nitrogen and oxygen atoms in total. The van der Waals surface area contributed by atoms with Crippen molar-refractivity contribution in [2.75, 3.05) is 0 Å². The molecule has 0 N–H and O–H groups in total. The van der Waals surface area contributed by atoms with Crippen LogP contribution in [0.25, 0.3) is 0 Å². The lowest BCUT2D eigenvalue weighted by molar-refractivity contribution is 0.362. The first-order chi connectivity index (χ1) is 5.49. The third kappa shape index (κ3) is 2.51. The molecular formula is C5H3F6NS. The monoisotopic (exact) mass is 223 g/mol. The van der Waals surface area contributed by atoms with Gasteiger partial charge in [-0.3, -0.25) is 0 Å². The molecule has 0 unspecified atom stereocenters. The van der Waals surface area contributed by atoms with E-state index in [-0.39, 0.29) is 12.1 Å². The summed E-state index contributed by atoms with van der Waals surface area (Å²) >= 11 is 0. The minimum Gasteiger partial charge on any atom is -0.228 e. The number of nitrogens with zero attached hydrogens (tertiary/aromatic N) is 1. The molecule has 0 aliphatic rings. The normalized spacial score (nSPS) is 17.7. The van der Waals surface area contributed by atoms with E-state index in [0.29, 0.717) is 6.20 Å². The predicted octanol–water partition coefficient (Wildman–Crippen LogP) is 3.88. The van der Waals surface area contributed by atoms with E-state index in [1.807, 2.05) is 0 Å². The highest BCUT2D eigenvalue weighted by molar-refractivity contribution is 8.45. The average Bonchev–Trinajstić information content (AvgIpc) is 1.82. The number of pyridine rings is 1. The molecule has 1 heterocycles. The van der Waals surface area contributed by atoms with Crippen LogP contribution in [0.1, 0.15) is 0 Å². The number of hydrogen-bond donors (Lipinski definition) is 0. The molecule has 1 aromatic rings. The van der Waals surface area contributed by atoms with E-state index in [0.717, 1.165) is 0 Å². The highest BCUT2D eigenvalue weighted by Gasteiger charge is 2.65. The van der Waals surface area contributed by atoms with E-state index in [1.54, 1.807) is 0 Å². The van der Waals surface area contributed by atoms with Crippen LogP contribution in [0.2, 0.25) is 0 Å². The zero-order valence-electron chi connectivity index (χ0n) is 5.86. The van der Waals surface area contributed by atoms with Gasteiger partial charge in [-0.25, -0.2) is 4.98 Å². The summed E-state index contributed by atoms with van der Waals surface area (Å²) in [5, 5.41) is 0. The maximum atomic E-state index is 12.1. The lowest BCUT2D eigenvalue weighted by Gasteiger charge is -2.40. The Morgan fingerprint density at radius 1 is 1.08 bits per heavy atom. The first-order valence-corrected chi connectivity index (χ1v) is 4.80. The van der Waals surface area contributed by atoms with Gasteiger partial charge in [0.15, 0.2) is 0 Å². The van der Waals surface area contributed by atoms with Crippen LogP contribution in [0.15, 0.2) is 23.2 Å². The average molecular weight is 223 g/mol. The molecule has 0 spiro atoms. The van der Waals surface area contributed by atoms with E-state index < -0.39 is 21.1 Å². The van der Waals surface area contributed by atoms with Gasteiger partial charge in [-0.1, -0.05) is 19.4 Å². The van der Waals surface area contributed by atoms with Gasteiger partial charge in [0.2, 0.25) is 5.95 Å². The maximum Gasteiger partial charge on any atom is 0.310 e. The largest absolute Gasteiger partial charge is 0.310 e. The van der Waals surface area contributed by atoms with Crippen LogP contribution < -0.4 is 0 Å². The molecule has 1 aromatic heterocycles. The van der Waals surface area contributed by atoms with Gasteiger partial charge >= 0.3 is 10.2 Å². The van der Waals surface area contributed by atoms with Crippen molar-refractivity contribution in [3.63, 3.8) is 0 Å². The quantitative estimate of drug-likeness (QED) is 0.520. The predicted molar refractivity (Wildman–Crippen MR) is 35.6 cm³/mol. The fourth-order valence-electron chi connectivity index (χ4n) is 0.625. The van der Waals surface area contributed by atoms with Crippen LogP contribution in [-0.2, 0) is 0 Å². The third-order valence-electron chi connectivity index (χ3n) is 1.14. The van der Waals surface area contributed by atoms with Gasteiger partial charge < -0.3 is 0 Å². The molecule has 0 bridgehead atoms. The van der Waals surface area contributed by atoms with Crippen molar-refractivity contribution in [3.8, 4) is 0 Å². The lowest BCUT2D eigenvalue weighted by atomic mass is 10.5. The number of rotatable bonds is 1. The molecule has 0 saturated carbocycles. The van der Waals surface area contributed by atoms with E-state index in [9.17, 15) is 23.8 Å². The second kappa shape index (κ2) is 1.94. The molecule has 0 amide bonds. The van der Waals surface area contributed by atoms with Crippen LogP contribution in [0.5, 0.6) is 0 Å². The fourth-order valence-corrected chi connectivity index (χ4v) is 1.26. The molecule has 0 atom stereocenters. The van der Waals surface area contributed by atoms with Crippen LogP contribution in [0.3, 0.4) is 0 Å². The van der Waals surface area contributed by atoms with Crippen LogP contribution in [-0.4, -0.2) is 4.98 Å². The molecule has 0 aliphatic heterocycles. The van der Waals surface area contributed by atoms with Gasteiger partial charge in [0.1, 0.15) is 4.90 Å². The minimum absolute atomic E-state index is 0.0324. The van der Waals surface area contributed by atoms with E-state index in [4.69, 9.17) is 0 Å². The van der Waals surface area contributed by atoms with Gasteiger partial charge in [-0.05, 0) is 6.07 Å². The molecule has 0 aromatic carbocycles. The zero-order valence-corrected chi connectivity index (χ0v) is 6.67. The van der Waals surface area contributed by atoms with Crippen LogP contribution >= 0.6 is 10.2 Å². The van der Waals surface area contributed by atoms with E-state index in [1.165, 1.54) is 0 Å². The lowest BCUT2D eigenvalue weighted by Crippen LogP contribution is -2.06. The third-order valence-corrected chi connectivity index (χ3v) is 2.29. The number of halogens is 6. The molecule has 0 saturated heterocycles. The van der Waals surface area contributed by atoms with Gasteiger partial charge in [0.05, 0.1) is 0 Å². The summed E-state index contributed by atoms with van der Waals surface area (Å²) in [5.74, 6) is -1.59. The zero-order chi connectivity index (χ0) is 10.4. The van der Waals surface area contributed by atoms with Gasteiger partial charge in [-0.2, -0.15) is 4.39 Å². The van der Waals surface area contributed by atoms with Crippen molar-refractivity contribution in [1.82, 2.24) is 4.98 Å². The summed E-state index contributed by atoms with van der Waals surface area (Å²) in [6, 6.07) is -0.299.